The molecule has 0 saturated heterocycles. The normalized spacial score (nSPS) is 23.3. The summed E-state index contributed by atoms with van der Waals surface area (Å²) in [4.78, 5) is 0. The third-order valence-corrected chi connectivity index (χ3v) is 9.04. The zero-order chi connectivity index (χ0) is 26.9. The Morgan fingerprint density at radius 1 is 0.556 bits per heavy atom. The van der Waals surface area contributed by atoms with Gasteiger partial charge in [0.15, 0.2) is 0 Å². The maximum atomic E-state index is 11.1. The fraction of sp³-hybridized carbons (Fsp3) is 1.00. The lowest BCUT2D eigenvalue weighted by Gasteiger charge is -2.49. The average Bonchev–Trinajstić information content (AvgIpc) is 2.80. The predicted molar refractivity (Wildman–Crippen MR) is 160 cm³/mol. The highest BCUT2D eigenvalue weighted by atomic mass is 16.5. The van der Waals surface area contributed by atoms with Crippen LogP contribution in [0.25, 0.3) is 0 Å². The van der Waals surface area contributed by atoms with Gasteiger partial charge < -0.3 is 9.84 Å². The van der Waals surface area contributed by atoms with E-state index >= 15 is 0 Å². The Kier molecular flexibility index (Phi) is 18.0. The third kappa shape index (κ3) is 15.4. The first-order valence-corrected chi connectivity index (χ1v) is 16.3. The SMILES string of the molecule is CCCCCCCCCCCCCCCCCCOCCC1CC(C(C)(C)C)C(O)C(C(C)(C)C)C1. The first kappa shape index (κ1) is 33.9. The van der Waals surface area contributed by atoms with E-state index in [1.54, 1.807) is 0 Å². The van der Waals surface area contributed by atoms with Crippen LogP contribution in [0.5, 0.6) is 0 Å². The maximum Gasteiger partial charge on any atom is 0.0606 e. The molecule has 216 valence electrons. The molecule has 36 heavy (non-hydrogen) atoms. The van der Waals surface area contributed by atoms with Crippen molar-refractivity contribution in [3.8, 4) is 0 Å². The summed E-state index contributed by atoms with van der Waals surface area (Å²) in [6, 6.07) is 0. The lowest BCUT2D eigenvalue weighted by molar-refractivity contribution is -0.0870. The zero-order valence-corrected chi connectivity index (χ0v) is 26.0. The molecule has 1 fully saturated rings. The maximum absolute atomic E-state index is 11.1. The molecular weight excluding hydrogens is 440 g/mol. The molecule has 1 aliphatic carbocycles. The van der Waals surface area contributed by atoms with E-state index in [1.165, 1.54) is 103 Å². The molecule has 0 bridgehead atoms. The molecule has 0 aromatic carbocycles. The summed E-state index contributed by atoms with van der Waals surface area (Å²) in [7, 11) is 0. The number of rotatable bonds is 20. The highest BCUT2D eigenvalue weighted by Crippen LogP contribution is 2.49. The molecule has 2 nitrogen and oxygen atoms in total. The summed E-state index contributed by atoms with van der Waals surface area (Å²) in [5, 5.41) is 11.1. The predicted octanol–water partition coefficient (Wildman–Crippen LogP) is 10.8. The van der Waals surface area contributed by atoms with Crippen molar-refractivity contribution >= 4 is 0 Å². The van der Waals surface area contributed by atoms with Crippen LogP contribution in [0.15, 0.2) is 0 Å². The van der Waals surface area contributed by atoms with Gasteiger partial charge in [-0.25, -0.2) is 0 Å². The van der Waals surface area contributed by atoms with Crippen molar-refractivity contribution in [1.29, 1.82) is 0 Å². The van der Waals surface area contributed by atoms with Gasteiger partial charge in [0, 0.05) is 13.2 Å². The highest BCUT2D eigenvalue weighted by molar-refractivity contribution is 4.95. The van der Waals surface area contributed by atoms with Gasteiger partial charge in [-0.05, 0) is 54.3 Å². The van der Waals surface area contributed by atoms with Crippen LogP contribution in [0.3, 0.4) is 0 Å². The van der Waals surface area contributed by atoms with Gasteiger partial charge in [-0.15, -0.1) is 0 Å². The molecule has 1 rings (SSSR count). The van der Waals surface area contributed by atoms with Crippen LogP contribution < -0.4 is 0 Å². The van der Waals surface area contributed by atoms with Crippen LogP contribution in [0.4, 0.5) is 0 Å². The van der Waals surface area contributed by atoms with Crippen molar-refractivity contribution in [1.82, 2.24) is 0 Å². The first-order valence-electron chi connectivity index (χ1n) is 16.3. The van der Waals surface area contributed by atoms with Crippen LogP contribution in [-0.4, -0.2) is 24.4 Å². The average molecular weight is 509 g/mol. The van der Waals surface area contributed by atoms with Gasteiger partial charge >= 0.3 is 0 Å². The van der Waals surface area contributed by atoms with Gasteiger partial charge in [0.25, 0.3) is 0 Å². The summed E-state index contributed by atoms with van der Waals surface area (Å²) >= 11 is 0. The third-order valence-electron chi connectivity index (χ3n) is 9.04. The van der Waals surface area contributed by atoms with Crippen LogP contribution in [0.2, 0.25) is 0 Å². The van der Waals surface area contributed by atoms with Crippen molar-refractivity contribution in [3.05, 3.63) is 0 Å². The molecular formula is C34H68O2. The van der Waals surface area contributed by atoms with Crippen molar-refractivity contribution in [2.75, 3.05) is 13.2 Å². The summed E-state index contributed by atoms with van der Waals surface area (Å²) in [5.74, 6) is 1.47. The minimum absolute atomic E-state index is 0.163. The minimum Gasteiger partial charge on any atom is -0.393 e. The molecule has 0 radical (unpaired) electrons. The molecule has 2 atom stereocenters. The van der Waals surface area contributed by atoms with Gasteiger partial charge in [0.05, 0.1) is 6.10 Å². The Morgan fingerprint density at radius 3 is 1.28 bits per heavy atom. The van der Waals surface area contributed by atoms with Gasteiger partial charge in [-0.2, -0.15) is 0 Å². The second kappa shape index (κ2) is 19.1. The summed E-state index contributed by atoms with van der Waals surface area (Å²) in [6.45, 7) is 17.9. The molecule has 1 saturated carbocycles. The van der Waals surface area contributed by atoms with Crippen molar-refractivity contribution in [2.45, 2.75) is 177 Å². The second-order valence-electron chi connectivity index (χ2n) is 14.5. The Labute approximate surface area is 228 Å². The number of ether oxygens (including phenoxy) is 1. The summed E-state index contributed by atoms with van der Waals surface area (Å²) < 4.78 is 6.06. The molecule has 0 heterocycles. The Hall–Kier alpha value is -0.0800. The summed E-state index contributed by atoms with van der Waals surface area (Å²) in [6.07, 6.45) is 25.9. The largest absolute Gasteiger partial charge is 0.393 e. The fourth-order valence-electron chi connectivity index (χ4n) is 6.45. The van der Waals surface area contributed by atoms with Crippen molar-refractivity contribution in [2.24, 2.45) is 28.6 Å². The second-order valence-corrected chi connectivity index (χ2v) is 14.5. The minimum atomic E-state index is -0.174. The first-order chi connectivity index (χ1) is 17.1. The van der Waals surface area contributed by atoms with Crippen LogP contribution in [0, 0.1) is 28.6 Å². The Bertz CT molecular complexity index is 476. The molecule has 1 N–H and O–H groups in total. The van der Waals surface area contributed by atoms with E-state index < -0.39 is 0 Å². The zero-order valence-electron chi connectivity index (χ0n) is 26.0. The number of aliphatic hydroxyl groups is 1. The van der Waals surface area contributed by atoms with Crippen LogP contribution in [-0.2, 0) is 4.74 Å². The molecule has 0 aromatic heterocycles. The van der Waals surface area contributed by atoms with Crippen molar-refractivity contribution in [3.63, 3.8) is 0 Å². The van der Waals surface area contributed by atoms with E-state index in [0.717, 1.165) is 32.5 Å². The Morgan fingerprint density at radius 2 is 0.917 bits per heavy atom. The smallest absolute Gasteiger partial charge is 0.0606 e. The quantitative estimate of drug-likeness (QED) is 0.166. The van der Waals surface area contributed by atoms with E-state index in [-0.39, 0.29) is 16.9 Å². The van der Waals surface area contributed by atoms with Gasteiger partial charge in [0.1, 0.15) is 0 Å². The topological polar surface area (TPSA) is 29.5 Å². The lowest BCUT2D eigenvalue weighted by atomic mass is 9.58. The van der Waals surface area contributed by atoms with Gasteiger partial charge in [0.2, 0.25) is 0 Å². The fourth-order valence-corrected chi connectivity index (χ4v) is 6.45. The molecule has 2 heteroatoms. The standard InChI is InChI=1S/C34H68O2/c1-8-9-10-11-12-13-14-15-16-17-18-19-20-21-22-23-25-36-26-24-29-27-30(33(2,3)4)32(35)31(28-29)34(5,6)7/h29-32,35H,8-28H2,1-7H3. The number of hydrogen-bond acceptors (Lipinski definition) is 2. The molecule has 2 unspecified atom stereocenters. The highest BCUT2D eigenvalue weighted by Gasteiger charge is 2.45. The molecule has 0 amide bonds. The van der Waals surface area contributed by atoms with E-state index in [4.69, 9.17) is 4.74 Å². The van der Waals surface area contributed by atoms with E-state index in [9.17, 15) is 5.11 Å². The monoisotopic (exact) mass is 509 g/mol. The van der Waals surface area contributed by atoms with E-state index in [1.807, 2.05) is 0 Å². The van der Waals surface area contributed by atoms with Gasteiger partial charge in [-0.3, -0.25) is 0 Å². The molecule has 0 aliphatic heterocycles. The number of hydrogen-bond donors (Lipinski definition) is 1. The van der Waals surface area contributed by atoms with Crippen LogP contribution >= 0.6 is 0 Å². The number of aliphatic hydroxyl groups excluding tert-OH is 1. The Balaban J connectivity index is 1.99. The molecule has 1 aliphatic rings. The van der Waals surface area contributed by atoms with E-state index in [0.29, 0.717) is 17.8 Å². The van der Waals surface area contributed by atoms with E-state index in [2.05, 4.69) is 48.5 Å². The summed E-state index contributed by atoms with van der Waals surface area (Å²) in [5.41, 5.74) is 0.325. The number of unbranched alkanes of at least 4 members (excludes halogenated alkanes) is 15. The van der Waals surface area contributed by atoms with Crippen LogP contribution in [0.1, 0.15) is 170 Å². The molecule has 0 spiro atoms. The van der Waals surface area contributed by atoms with Gasteiger partial charge in [-0.1, -0.05) is 145 Å². The lowest BCUT2D eigenvalue weighted by Crippen LogP contribution is -2.47. The molecule has 0 aromatic rings. The van der Waals surface area contributed by atoms with Crippen molar-refractivity contribution < 1.29 is 9.84 Å².